The first-order chi connectivity index (χ1) is 12.3. The second-order valence-corrected chi connectivity index (χ2v) is 6.46. The van der Waals surface area contributed by atoms with E-state index in [9.17, 15) is 0 Å². The molecule has 3 heterocycles. The maximum atomic E-state index is 5.67. The van der Waals surface area contributed by atoms with Gasteiger partial charge >= 0.3 is 0 Å². The van der Waals surface area contributed by atoms with Crippen LogP contribution < -0.4 is 4.74 Å². The molecule has 1 N–H and O–H groups in total. The molecule has 0 amide bonds. The highest BCUT2D eigenvalue weighted by atomic mass is 16.5. The van der Waals surface area contributed by atoms with Gasteiger partial charge in [0, 0.05) is 36.5 Å². The third-order valence-electron chi connectivity index (χ3n) is 4.74. The van der Waals surface area contributed by atoms with E-state index in [0.717, 1.165) is 36.6 Å². The molecule has 0 spiro atoms. The van der Waals surface area contributed by atoms with Crippen LogP contribution in [0.15, 0.2) is 47.2 Å². The number of likely N-dealkylation sites (tertiary alicyclic amines) is 1. The van der Waals surface area contributed by atoms with Gasteiger partial charge in [-0.3, -0.25) is 10.00 Å². The van der Waals surface area contributed by atoms with Crippen molar-refractivity contribution < 1.29 is 9.15 Å². The van der Waals surface area contributed by atoms with E-state index in [1.807, 2.05) is 30.5 Å². The molecule has 3 aromatic rings. The second-order valence-electron chi connectivity index (χ2n) is 6.46. The number of methoxy groups -OCH3 is 1. The summed E-state index contributed by atoms with van der Waals surface area (Å²) < 4.78 is 10.9. The van der Waals surface area contributed by atoms with Crippen molar-refractivity contribution in [2.45, 2.75) is 25.3 Å². The van der Waals surface area contributed by atoms with Gasteiger partial charge in [-0.25, -0.2) is 4.98 Å². The number of ether oxygens (including phenoxy) is 1. The minimum absolute atomic E-state index is 0.518. The molecule has 1 aromatic carbocycles. The Morgan fingerprint density at radius 3 is 2.92 bits per heavy atom. The van der Waals surface area contributed by atoms with Gasteiger partial charge in [-0.1, -0.05) is 0 Å². The maximum Gasteiger partial charge on any atom is 0.226 e. The van der Waals surface area contributed by atoms with Crippen molar-refractivity contribution >= 4 is 0 Å². The topological polar surface area (TPSA) is 67.2 Å². The van der Waals surface area contributed by atoms with Crippen LogP contribution in [0.25, 0.3) is 11.5 Å². The summed E-state index contributed by atoms with van der Waals surface area (Å²) in [6.07, 6.45) is 5.98. The molecule has 2 aromatic heterocycles. The zero-order chi connectivity index (χ0) is 17.1. The zero-order valence-electron chi connectivity index (χ0n) is 14.3. The lowest BCUT2D eigenvalue weighted by atomic mass is 9.95. The smallest absolute Gasteiger partial charge is 0.226 e. The Labute approximate surface area is 146 Å². The molecule has 0 unspecified atom stereocenters. The molecule has 0 saturated carbocycles. The van der Waals surface area contributed by atoms with Crippen molar-refractivity contribution in [1.82, 2.24) is 20.1 Å². The van der Waals surface area contributed by atoms with Crippen molar-refractivity contribution in [2.75, 3.05) is 20.2 Å². The maximum absolute atomic E-state index is 5.67. The molecule has 1 fully saturated rings. The predicted octanol–water partition coefficient (Wildman–Crippen LogP) is 3.45. The summed E-state index contributed by atoms with van der Waals surface area (Å²) in [7, 11) is 1.66. The SMILES string of the molecule is COc1ccc(-c2nc(CN3CCC[C@@H](c4ccn[nH]4)C3)co2)cc1. The lowest BCUT2D eigenvalue weighted by Crippen LogP contribution is -2.34. The minimum Gasteiger partial charge on any atom is -0.497 e. The summed E-state index contributed by atoms with van der Waals surface area (Å²) >= 11 is 0. The molecule has 4 rings (SSSR count). The Morgan fingerprint density at radius 2 is 2.16 bits per heavy atom. The number of hydrogen-bond acceptors (Lipinski definition) is 5. The van der Waals surface area contributed by atoms with Gasteiger partial charge in [0.15, 0.2) is 0 Å². The fourth-order valence-electron chi connectivity index (χ4n) is 3.42. The number of aromatic amines is 1. The Balaban J connectivity index is 1.42. The lowest BCUT2D eigenvalue weighted by molar-refractivity contribution is 0.196. The van der Waals surface area contributed by atoms with Crippen LogP contribution >= 0.6 is 0 Å². The highest BCUT2D eigenvalue weighted by molar-refractivity contribution is 5.54. The number of oxazole rings is 1. The number of benzene rings is 1. The third kappa shape index (κ3) is 3.58. The van der Waals surface area contributed by atoms with Crippen LogP contribution in [0.5, 0.6) is 5.75 Å². The van der Waals surface area contributed by atoms with Gasteiger partial charge in [0.2, 0.25) is 5.89 Å². The number of rotatable bonds is 5. The van der Waals surface area contributed by atoms with Gasteiger partial charge in [0.25, 0.3) is 0 Å². The van der Waals surface area contributed by atoms with Crippen molar-refractivity contribution in [2.24, 2.45) is 0 Å². The summed E-state index contributed by atoms with van der Waals surface area (Å²) in [5.41, 5.74) is 3.15. The van der Waals surface area contributed by atoms with E-state index in [-0.39, 0.29) is 0 Å². The van der Waals surface area contributed by atoms with Gasteiger partial charge in [-0.05, 0) is 49.7 Å². The van der Waals surface area contributed by atoms with E-state index in [2.05, 4.69) is 26.1 Å². The molecule has 0 bridgehead atoms. The summed E-state index contributed by atoms with van der Waals surface area (Å²) in [6.45, 7) is 2.92. The normalized spacial score (nSPS) is 18.4. The second kappa shape index (κ2) is 7.11. The van der Waals surface area contributed by atoms with Crippen LogP contribution in [0.4, 0.5) is 0 Å². The van der Waals surface area contributed by atoms with Crippen LogP contribution in [-0.4, -0.2) is 40.3 Å². The molecule has 0 aliphatic carbocycles. The van der Waals surface area contributed by atoms with Crippen LogP contribution in [0.2, 0.25) is 0 Å². The fraction of sp³-hybridized carbons (Fsp3) is 0.368. The number of nitrogens with one attached hydrogen (secondary N) is 1. The van der Waals surface area contributed by atoms with E-state index in [4.69, 9.17) is 9.15 Å². The molecule has 6 heteroatoms. The van der Waals surface area contributed by atoms with Crippen LogP contribution in [-0.2, 0) is 6.54 Å². The average molecular weight is 338 g/mol. The lowest BCUT2D eigenvalue weighted by Gasteiger charge is -2.31. The molecular formula is C19H22N4O2. The van der Waals surface area contributed by atoms with Crippen molar-refractivity contribution in [1.29, 1.82) is 0 Å². The van der Waals surface area contributed by atoms with Crippen molar-refractivity contribution in [3.05, 3.63) is 54.2 Å². The van der Waals surface area contributed by atoms with Gasteiger partial charge in [0.05, 0.1) is 12.8 Å². The summed E-state index contributed by atoms with van der Waals surface area (Å²) in [4.78, 5) is 7.08. The molecule has 6 nitrogen and oxygen atoms in total. The minimum atomic E-state index is 0.518. The van der Waals surface area contributed by atoms with Gasteiger partial charge in [-0.15, -0.1) is 0 Å². The van der Waals surface area contributed by atoms with Crippen LogP contribution in [0, 0.1) is 0 Å². The fourth-order valence-corrected chi connectivity index (χ4v) is 3.42. The molecule has 0 radical (unpaired) electrons. The van der Waals surface area contributed by atoms with E-state index in [1.165, 1.54) is 18.5 Å². The molecule has 1 atom stereocenters. The summed E-state index contributed by atoms with van der Waals surface area (Å²) in [5, 5.41) is 7.18. The van der Waals surface area contributed by atoms with Gasteiger partial charge in [0.1, 0.15) is 12.0 Å². The molecular weight excluding hydrogens is 316 g/mol. The van der Waals surface area contributed by atoms with Gasteiger partial charge in [-0.2, -0.15) is 5.10 Å². The molecule has 130 valence electrons. The van der Waals surface area contributed by atoms with E-state index in [0.29, 0.717) is 11.8 Å². The first kappa shape index (κ1) is 15.9. The first-order valence-electron chi connectivity index (χ1n) is 8.62. The largest absolute Gasteiger partial charge is 0.497 e. The first-order valence-corrected chi connectivity index (χ1v) is 8.62. The predicted molar refractivity (Wildman–Crippen MR) is 94.3 cm³/mol. The average Bonchev–Trinajstić information content (AvgIpc) is 3.34. The number of aromatic nitrogens is 3. The number of nitrogens with zero attached hydrogens (tertiary/aromatic N) is 3. The van der Waals surface area contributed by atoms with Crippen molar-refractivity contribution in [3.8, 4) is 17.2 Å². The van der Waals surface area contributed by atoms with Gasteiger partial charge < -0.3 is 9.15 Å². The Hall–Kier alpha value is -2.60. The summed E-state index contributed by atoms with van der Waals surface area (Å²) in [6, 6.07) is 9.83. The number of piperidine rings is 1. The Bertz CT molecular complexity index is 795. The molecule has 1 saturated heterocycles. The Kier molecular flexibility index (Phi) is 4.52. The number of H-pyrrole nitrogens is 1. The molecule has 1 aliphatic heterocycles. The number of hydrogen-bond donors (Lipinski definition) is 1. The highest BCUT2D eigenvalue weighted by Gasteiger charge is 2.23. The zero-order valence-corrected chi connectivity index (χ0v) is 14.3. The van der Waals surface area contributed by atoms with E-state index in [1.54, 1.807) is 13.4 Å². The van der Waals surface area contributed by atoms with E-state index >= 15 is 0 Å². The van der Waals surface area contributed by atoms with E-state index < -0.39 is 0 Å². The highest BCUT2D eigenvalue weighted by Crippen LogP contribution is 2.27. The van der Waals surface area contributed by atoms with Crippen molar-refractivity contribution in [3.63, 3.8) is 0 Å². The standard InChI is InChI=1S/C19H22N4O2/c1-24-17-6-4-14(5-7-17)19-21-16(13-25-19)12-23-10-2-3-15(11-23)18-8-9-20-22-18/h4-9,13,15H,2-3,10-12H2,1H3,(H,20,22)/t15-/m1/s1. The van der Waals surface area contributed by atoms with Crippen LogP contribution in [0.1, 0.15) is 30.1 Å². The third-order valence-corrected chi connectivity index (χ3v) is 4.74. The molecule has 1 aliphatic rings. The quantitative estimate of drug-likeness (QED) is 0.772. The monoisotopic (exact) mass is 338 g/mol. The molecule has 25 heavy (non-hydrogen) atoms. The van der Waals surface area contributed by atoms with Crippen LogP contribution in [0.3, 0.4) is 0 Å². The Morgan fingerprint density at radius 1 is 1.28 bits per heavy atom. The summed E-state index contributed by atoms with van der Waals surface area (Å²) in [5.74, 6) is 2.00.